The van der Waals surface area contributed by atoms with Crippen molar-refractivity contribution in [2.75, 3.05) is 5.43 Å². The predicted octanol–water partition coefficient (Wildman–Crippen LogP) is 2.38. The Labute approximate surface area is 121 Å². The van der Waals surface area contributed by atoms with Crippen molar-refractivity contribution >= 4 is 23.3 Å². The van der Waals surface area contributed by atoms with Crippen LogP contribution in [0.15, 0.2) is 42.9 Å². The van der Waals surface area contributed by atoms with Crippen LogP contribution in [-0.2, 0) is 4.79 Å². The molecule has 1 aromatic heterocycles. The molecule has 1 fully saturated rings. The van der Waals surface area contributed by atoms with Crippen LogP contribution in [0, 0.1) is 5.92 Å². The van der Waals surface area contributed by atoms with Crippen LogP contribution in [0.1, 0.15) is 17.9 Å². The molecule has 0 aliphatic heterocycles. The van der Waals surface area contributed by atoms with E-state index in [4.69, 9.17) is 11.6 Å². The lowest BCUT2D eigenvalue weighted by Gasteiger charge is -2.06. The van der Waals surface area contributed by atoms with Gasteiger partial charge in [0.15, 0.2) is 5.82 Å². The first-order valence-electron chi connectivity index (χ1n) is 6.31. The first kappa shape index (κ1) is 12.9. The molecule has 2 unspecified atom stereocenters. The molecule has 3 rings (SSSR count). The van der Waals surface area contributed by atoms with Gasteiger partial charge >= 0.3 is 0 Å². The van der Waals surface area contributed by atoms with Gasteiger partial charge in [0.1, 0.15) is 0 Å². The van der Waals surface area contributed by atoms with Gasteiger partial charge < -0.3 is 0 Å². The van der Waals surface area contributed by atoms with Gasteiger partial charge in [-0.3, -0.25) is 20.6 Å². The highest BCUT2D eigenvalue weighted by Crippen LogP contribution is 2.47. The van der Waals surface area contributed by atoms with E-state index < -0.39 is 0 Å². The minimum absolute atomic E-state index is 0.000321. The van der Waals surface area contributed by atoms with Crippen molar-refractivity contribution in [1.29, 1.82) is 0 Å². The van der Waals surface area contributed by atoms with Crippen molar-refractivity contribution in [2.24, 2.45) is 5.92 Å². The van der Waals surface area contributed by atoms with E-state index in [0.29, 0.717) is 10.8 Å². The molecule has 2 atom stereocenters. The molecule has 2 N–H and O–H groups in total. The Hall–Kier alpha value is -2.14. The number of nitrogens with one attached hydrogen (secondary N) is 2. The molecule has 1 aliphatic carbocycles. The molecule has 6 heteroatoms. The zero-order valence-corrected chi connectivity index (χ0v) is 11.3. The summed E-state index contributed by atoms with van der Waals surface area (Å²) >= 11 is 5.85. The molecule has 0 bridgehead atoms. The molecule has 0 saturated heterocycles. The molecular formula is C14H13ClN4O. The summed E-state index contributed by atoms with van der Waals surface area (Å²) in [5.74, 6) is 0.761. The summed E-state index contributed by atoms with van der Waals surface area (Å²) in [4.78, 5) is 19.9. The Bertz CT molecular complexity index is 602. The minimum Gasteiger partial charge on any atom is -0.281 e. The summed E-state index contributed by atoms with van der Waals surface area (Å²) < 4.78 is 0. The normalized spacial score (nSPS) is 20.2. The molecule has 1 aliphatic rings. The molecule has 20 heavy (non-hydrogen) atoms. The van der Waals surface area contributed by atoms with Crippen LogP contribution >= 0.6 is 11.6 Å². The van der Waals surface area contributed by atoms with Crippen LogP contribution in [0.3, 0.4) is 0 Å². The second-order valence-corrected chi connectivity index (χ2v) is 5.14. The third-order valence-corrected chi connectivity index (χ3v) is 3.55. The van der Waals surface area contributed by atoms with E-state index in [1.807, 2.05) is 24.3 Å². The summed E-state index contributed by atoms with van der Waals surface area (Å²) in [7, 11) is 0. The smallest absolute Gasteiger partial charge is 0.242 e. The first-order chi connectivity index (χ1) is 9.74. The highest BCUT2D eigenvalue weighted by Gasteiger charge is 2.43. The number of carbonyl (C=O) groups is 1. The topological polar surface area (TPSA) is 66.9 Å². The Morgan fingerprint density at radius 3 is 2.75 bits per heavy atom. The Morgan fingerprint density at radius 2 is 2.05 bits per heavy atom. The van der Waals surface area contributed by atoms with Gasteiger partial charge in [-0.25, -0.2) is 4.98 Å². The molecule has 1 saturated carbocycles. The Morgan fingerprint density at radius 1 is 1.25 bits per heavy atom. The molecule has 0 radical (unpaired) electrons. The maximum absolute atomic E-state index is 12.0. The SMILES string of the molecule is O=C(NNc1cnccn1)C1CC1c1ccc(Cl)cc1. The van der Waals surface area contributed by atoms with E-state index in [1.54, 1.807) is 18.6 Å². The van der Waals surface area contributed by atoms with Crippen LogP contribution in [0.4, 0.5) is 5.82 Å². The molecule has 0 spiro atoms. The van der Waals surface area contributed by atoms with Crippen LogP contribution in [0.25, 0.3) is 0 Å². The molecule has 1 heterocycles. The molecule has 5 nitrogen and oxygen atoms in total. The summed E-state index contributed by atoms with van der Waals surface area (Å²) in [6.45, 7) is 0. The third kappa shape index (κ3) is 2.88. The fourth-order valence-electron chi connectivity index (χ4n) is 2.15. The summed E-state index contributed by atoms with van der Waals surface area (Å²) in [6.07, 6.45) is 5.53. The number of halogens is 1. The Kier molecular flexibility index (Phi) is 3.52. The van der Waals surface area contributed by atoms with E-state index in [-0.39, 0.29) is 17.7 Å². The average Bonchev–Trinajstić information content (AvgIpc) is 3.27. The standard InChI is InChI=1S/C14H13ClN4O/c15-10-3-1-9(2-4-10)11-7-12(11)14(20)19-18-13-8-16-5-6-17-13/h1-6,8,11-12H,7H2,(H,17,18)(H,19,20). The summed E-state index contributed by atoms with van der Waals surface area (Å²) in [5, 5.41) is 0.708. The maximum atomic E-state index is 12.0. The lowest BCUT2D eigenvalue weighted by molar-refractivity contribution is -0.121. The van der Waals surface area contributed by atoms with Crippen molar-refractivity contribution in [1.82, 2.24) is 15.4 Å². The van der Waals surface area contributed by atoms with E-state index in [9.17, 15) is 4.79 Å². The number of aromatic nitrogens is 2. The number of hydrogen-bond acceptors (Lipinski definition) is 4. The van der Waals surface area contributed by atoms with Gasteiger partial charge in [0.05, 0.1) is 6.20 Å². The van der Waals surface area contributed by atoms with E-state index >= 15 is 0 Å². The van der Waals surface area contributed by atoms with Crippen molar-refractivity contribution < 1.29 is 4.79 Å². The summed E-state index contributed by atoms with van der Waals surface area (Å²) in [5.41, 5.74) is 6.55. The fourth-order valence-corrected chi connectivity index (χ4v) is 2.27. The molecular weight excluding hydrogens is 276 g/mol. The van der Waals surface area contributed by atoms with Gasteiger partial charge in [0.2, 0.25) is 5.91 Å². The van der Waals surface area contributed by atoms with E-state index in [1.165, 1.54) is 0 Å². The van der Waals surface area contributed by atoms with Gasteiger partial charge in [-0.05, 0) is 30.0 Å². The predicted molar refractivity (Wildman–Crippen MR) is 76.1 cm³/mol. The monoisotopic (exact) mass is 288 g/mol. The second-order valence-electron chi connectivity index (χ2n) is 4.71. The van der Waals surface area contributed by atoms with Gasteiger partial charge in [-0.2, -0.15) is 0 Å². The van der Waals surface area contributed by atoms with E-state index in [2.05, 4.69) is 20.8 Å². The largest absolute Gasteiger partial charge is 0.281 e. The number of benzene rings is 1. The zero-order chi connectivity index (χ0) is 13.9. The third-order valence-electron chi connectivity index (χ3n) is 3.30. The highest BCUT2D eigenvalue weighted by molar-refractivity contribution is 6.30. The minimum atomic E-state index is -0.0318. The highest BCUT2D eigenvalue weighted by atomic mass is 35.5. The van der Waals surface area contributed by atoms with Gasteiger partial charge in [-0.15, -0.1) is 0 Å². The number of rotatable bonds is 4. The van der Waals surface area contributed by atoms with Crippen LogP contribution in [0.5, 0.6) is 0 Å². The van der Waals surface area contributed by atoms with Crippen LogP contribution < -0.4 is 10.9 Å². The zero-order valence-electron chi connectivity index (χ0n) is 10.6. The number of amides is 1. The number of nitrogens with zero attached hydrogens (tertiary/aromatic N) is 2. The first-order valence-corrected chi connectivity index (χ1v) is 6.69. The van der Waals surface area contributed by atoms with Crippen molar-refractivity contribution in [2.45, 2.75) is 12.3 Å². The van der Waals surface area contributed by atoms with Gasteiger partial charge in [0, 0.05) is 23.3 Å². The summed E-state index contributed by atoms with van der Waals surface area (Å²) in [6, 6.07) is 7.64. The molecule has 1 aromatic carbocycles. The second kappa shape index (κ2) is 5.46. The van der Waals surface area contributed by atoms with Crippen molar-refractivity contribution in [3.05, 3.63) is 53.4 Å². The van der Waals surface area contributed by atoms with Crippen LogP contribution in [-0.4, -0.2) is 15.9 Å². The molecule has 1 amide bonds. The molecule has 2 aromatic rings. The van der Waals surface area contributed by atoms with Crippen molar-refractivity contribution in [3.63, 3.8) is 0 Å². The van der Waals surface area contributed by atoms with E-state index in [0.717, 1.165) is 12.0 Å². The quantitative estimate of drug-likeness (QED) is 0.848. The number of anilines is 1. The Balaban J connectivity index is 1.54. The number of hydrazine groups is 1. The van der Waals surface area contributed by atoms with Gasteiger partial charge in [-0.1, -0.05) is 23.7 Å². The average molecular weight is 289 g/mol. The van der Waals surface area contributed by atoms with Gasteiger partial charge in [0.25, 0.3) is 0 Å². The lowest BCUT2D eigenvalue weighted by Crippen LogP contribution is -2.31. The number of hydrogen-bond donors (Lipinski definition) is 2. The van der Waals surface area contributed by atoms with Crippen LogP contribution in [0.2, 0.25) is 5.02 Å². The number of carbonyl (C=O) groups excluding carboxylic acids is 1. The fraction of sp³-hybridized carbons (Fsp3) is 0.214. The maximum Gasteiger partial charge on any atom is 0.242 e. The lowest BCUT2D eigenvalue weighted by atomic mass is 10.1. The van der Waals surface area contributed by atoms with Crippen molar-refractivity contribution in [3.8, 4) is 0 Å². The molecule has 102 valence electrons.